The number of hydrogen-bond donors (Lipinski definition) is 0. The van der Waals surface area contributed by atoms with Gasteiger partial charge in [0.15, 0.2) is 0 Å². The van der Waals surface area contributed by atoms with Gasteiger partial charge in [-0.3, -0.25) is 0 Å². The molecule has 2 rings (SSSR count). The van der Waals surface area contributed by atoms with Crippen molar-refractivity contribution in [3.63, 3.8) is 0 Å². The van der Waals surface area contributed by atoms with Crippen LogP contribution in [0.1, 0.15) is 0 Å². The third-order valence-electron chi connectivity index (χ3n) is 1.97. The molecule has 2 heteroatoms. The summed E-state index contributed by atoms with van der Waals surface area (Å²) < 4.78 is 1.20. The molecule has 2 aromatic carbocycles. The van der Waals surface area contributed by atoms with Crippen LogP contribution in [0.15, 0.2) is 54.6 Å². The zero-order chi connectivity index (χ0) is 9.10. The molecule has 0 aliphatic heterocycles. The molecule has 0 bridgehead atoms. The van der Waals surface area contributed by atoms with Gasteiger partial charge in [-0.2, -0.15) is 0 Å². The SMILES string of the molecule is [Se]c1ccccc1-c1ccccc1.[W]. The van der Waals surface area contributed by atoms with Gasteiger partial charge in [0, 0.05) is 21.1 Å². The van der Waals surface area contributed by atoms with Gasteiger partial charge in [-0.25, -0.2) is 0 Å². The second kappa shape index (κ2) is 5.51. The molecule has 0 saturated heterocycles. The number of rotatable bonds is 1. The molecule has 2 aromatic rings. The molecule has 0 nitrogen and oxygen atoms in total. The largest absolute Gasteiger partial charge is 0 e. The van der Waals surface area contributed by atoms with E-state index >= 15 is 0 Å². The molecule has 0 aromatic heterocycles. The predicted molar refractivity (Wildman–Crippen MR) is 57.3 cm³/mol. The fourth-order valence-electron chi connectivity index (χ4n) is 1.32. The Balaban J connectivity index is 0.000000980. The van der Waals surface area contributed by atoms with Gasteiger partial charge in [0.25, 0.3) is 0 Å². The Labute approximate surface area is 107 Å². The van der Waals surface area contributed by atoms with E-state index in [1.165, 1.54) is 15.6 Å². The Bertz CT molecular complexity index is 398. The van der Waals surface area contributed by atoms with Crippen LogP contribution in [0.25, 0.3) is 11.1 Å². The number of hydrogen-bond acceptors (Lipinski definition) is 0. The van der Waals surface area contributed by atoms with Crippen LogP contribution in [0.3, 0.4) is 0 Å². The smallest absolute Gasteiger partial charge is 0 e. The van der Waals surface area contributed by atoms with Crippen LogP contribution in [-0.2, 0) is 21.1 Å². The third kappa shape index (κ3) is 2.57. The van der Waals surface area contributed by atoms with E-state index < -0.39 is 0 Å². The first-order chi connectivity index (χ1) is 6.38. The Morgan fingerprint density at radius 3 is 1.93 bits per heavy atom. The summed E-state index contributed by atoms with van der Waals surface area (Å²) in [7, 11) is 0. The minimum atomic E-state index is 0. The van der Waals surface area contributed by atoms with E-state index in [0.717, 1.165) is 0 Å². The van der Waals surface area contributed by atoms with Gasteiger partial charge in [-0.05, 0) is 0 Å². The standard InChI is InChI=1S/C12H9Se.W/c13-12-9-5-4-8-11(12)10-6-2-1-3-7-10;/h1-9H;. The average molecular weight is 416 g/mol. The first-order valence-corrected chi connectivity index (χ1v) is 5.05. The third-order valence-corrected chi connectivity index (χ3v) is 2.72. The molecule has 0 amide bonds. The van der Waals surface area contributed by atoms with Crippen LogP contribution >= 0.6 is 0 Å². The Hall–Kier alpha value is -0.352. The molecule has 0 spiro atoms. The summed E-state index contributed by atoms with van der Waals surface area (Å²) in [4.78, 5) is 0. The topological polar surface area (TPSA) is 0 Å². The van der Waals surface area contributed by atoms with Gasteiger partial charge in [0.1, 0.15) is 0 Å². The summed E-state index contributed by atoms with van der Waals surface area (Å²) in [6.07, 6.45) is 0. The average Bonchev–Trinajstić information content (AvgIpc) is 2.20. The maximum Gasteiger partial charge on any atom is 0 e. The quantitative estimate of drug-likeness (QED) is 0.626. The molecule has 0 atom stereocenters. The Morgan fingerprint density at radius 2 is 1.29 bits per heavy atom. The maximum atomic E-state index is 3.07. The molecule has 14 heavy (non-hydrogen) atoms. The van der Waals surface area contributed by atoms with Crippen LogP contribution in [0.5, 0.6) is 0 Å². The van der Waals surface area contributed by atoms with E-state index in [4.69, 9.17) is 0 Å². The molecule has 0 aliphatic carbocycles. The van der Waals surface area contributed by atoms with E-state index in [2.05, 4.69) is 58.5 Å². The fourth-order valence-corrected chi connectivity index (χ4v) is 1.88. The second-order valence-electron chi connectivity index (χ2n) is 2.86. The molecule has 0 N–H and O–H groups in total. The first-order valence-electron chi connectivity index (χ1n) is 4.19. The van der Waals surface area contributed by atoms with Crippen molar-refractivity contribution >= 4 is 20.5 Å². The Kier molecular flexibility index (Phi) is 4.61. The van der Waals surface area contributed by atoms with E-state index in [0.29, 0.717) is 0 Å². The summed E-state index contributed by atoms with van der Waals surface area (Å²) in [6.45, 7) is 0. The maximum absolute atomic E-state index is 3.07. The van der Waals surface area contributed by atoms with Gasteiger partial charge in [0.2, 0.25) is 0 Å². The van der Waals surface area contributed by atoms with Crippen LogP contribution in [0.2, 0.25) is 0 Å². The predicted octanol–water partition coefficient (Wildman–Crippen LogP) is 2.14. The zero-order valence-corrected chi connectivity index (χ0v) is 12.2. The monoisotopic (exact) mass is 417 g/mol. The molecule has 0 aliphatic rings. The molecule has 0 fully saturated rings. The van der Waals surface area contributed by atoms with Gasteiger partial charge in [-0.15, -0.1) is 0 Å². The van der Waals surface area contributed by atoms with Gasteiger partial charge < -0.3 is 0 Å². The summed E-state index contributed by atoms with van der Waals surface area (Å²) >= 11 is 3.07. The molecule has 1 radical (unpaired) electrons. The van der Waals surface area contributed by atoms with Crippen LogP contribution in [-0.4, -0.2) is 16.0 Å². The minimum Gasteiger partial charge on any atom is 0 e. The van der Waals surface area contributed by atoms with Crippen molar-refractivity contribution in [1.29, 1.82) is 0 Å². The van der Waals surface area contributed by atoms with E-state index in [-0.39, 0.29) is 21.1 Å². The van der Waals surface area contributed by atoms with E-state index in [1.54, 1.807) is 0 Å². The summed E-state index contributed by atoms with van der Waals surface area (Å²) in [5.74, 6) is 0. The van der Waals surface area contributed by atoms with Gasteiger partial charge >= 0.3 is 86.2 Å². The zero-order valence-electron chi connectivity index (χ0n) is 7.51. The van der Waals surface area contributed by atoms with Crippen LogP contribution < -0.4 is 4.46 Å². The van der Waals surface area contributed by atoms with Gasteiger partial charge in [-0.1, -0.05) is 0 Å². The van der Waals surface area contributed by atoms with E-state index in [9.17, 15) is 0 Å². The van der Waals surface area contributed by atoms with Crippen molar-refractivity contribution in [2.45, 2.75) is 0 Å². The summed E-state index contributed by atoms with van der Waals surface area (Å²) in [5, 5.41) is 0. The summed E-state index contributed by atoms with van der Waals surface area (Å²) in [5.41, 5.74) is 2.53. The minimum absolute atomic E-state index is 0. The van der Waals surface area contributed by atoms with Crippen LogP contribution in [0.4, 0.5) is 0 Å². The number of benzene rings is 2. The van der Waals surface area contributed by atoms with Crippen molar-refractivity contribution < 1.29 is 21.1 Å². The summed E-state index contributed by atoms with van der Waals surface area (Å²) in [6, 6.07) is 18.7. The van der Waals surface area contributed by atoms with Crippen molar-refractivity contribution in [2.75, 3.05) is 0 Å². The molecule has 69 valence electrons. The van der Waals surface area contributed by atoms with E-state index in [1.807, 2.05) is 12.1 Å². The van der Waals surface area contributed by atoms with Gasteiger partial charge in [0.05, 0.1) is 0 Å². The first kappa shape index (κ1) is 11.7. The molecule has 0 unspecified atom stereocenters. The molecule has 0 heterocycles. The second-order valence-corrected chi connectivity index (χ2v) is 3.78. The van der Waals surface area contributed by atoms with Crippen LogP contribution in [0, 0.1) is 0 Å². The van der Waals surface area contributed by atoms with Crippen molar-refractivity contribution in [2.24, 2.45) is 0 Å². The molecular weight excluding hydrogens is 407 g/mol. The molecule has 0 saturated carbocycles. The fraction of sp³-hybridized carbons (Fsp3) is 0. The normalized spacial score (nSPS) is 9.14. The molecular formula is C12H9SeW. The van der Waals surface area contributed by atoms with Crippen molar-refractivity contribution in [1.82, 2.24) is 0 Å². The van der Waals surface area contributed by atoms with Crippen molar-refractivity contribution in [3.8, 4) is 11.1 Å². The van der Waals surface area contributed by atoms with Crippen molar-refractivity contribution in [3.05, 3.63) is 54.6 Å². The Morgan fingerprint density at radius 1 is 0.714 bits per heavy atom.